The molecule has 12 heavy (non-hydrogen) atoms. The summed E-state index contributed by atoms with van der Waals surface area (Å²) in [7, 11) is 0. The predicted octanol–water partition coefficient (Wildman–Crippen LogP) is 1.85. The SMILES string of the molecule is CC[N]c1ccc([N+](=O)[O-])cc1. The Morgan fingerprint density at radius 1 is 1.42 bits per heavy atom. The van der Waals surface area contributed by atoms with Crippen LogP contribution in [0.1, 0.15) is 6.92 Å². The van der Waals surface area contributed by atoms with E-state index in [0.717, 1.165) is 5.69 Å². The van der Waals surface area contributed by atoms with Gasteiger partial charge in [-0.05, 0) is 19.1 Å². The van der Waals surface area contributed by atoms with E-state index in [2.05, 4.69) is 5.32 Å². The van der Waals surface area contributed by atoms with Crippen molar-refractivity contribution in [3.05, 3.63) is 34.4 Å². The Labute approximate surface area is 70.4 Å². The fraction of sp³-hybridized carbons (Fsp3) is 0.250. The van der Waals surface area contributed by atoms with E-state index in [9.17, 15) is 10.1 Å². The van der Waals surface area contributed by atoms with Gasteiger partial charge >= 0.3 is 0 Å². The maximum Gasteiger partial charge on any atom is 0.269 e. The van der Waals surface area contributed by atoms with Crippen LogP contribution >= 0.6 is 0 Å². The van der Waals surface area contributed by atoms with Gasteiger partial charge in [0.05, 0.1) is 10.6 Å². The van der Waals surface area contributed by atoms with Gasteiger partial charge in [-0.15, -0.1) is 0 Å². The smallest absolute Gasteiger partial charge is 0.269 e. The molecule has 0 saturated carbocycles. The van der Waals surface area contributed by atoms with Gasteiger partial charge in [0, 0.05) is 18.7 Å². The molecule has 0 aliphatic heterocycles. The maximum atomic E-state index is 10.2. The van der Waals surface area contributed by atoms with Gasteiger partial charge in [-0.25, -0.2) is 0 Å². The summed E-state index contributed by atoms with van der Waals surface area (Å²) < 4.78 is 0. The number of nitro benzene ring substituents is 1. The molecular formula is C8H9N2O2. The van der Waals surface area contributed by atoms with Crippen molar-refractivity contribution >= 4 is 11.4 Å². The molecule has 0 unspecified atom stereocenters. The highest BCUT2D eigenvalue weighted by molar-refractivity contribution is 5.43. The van der Waals surface area contributed by atoms with Gasteiger partial charge in [-0.1, -0.05) is 0 Å². The Morgan fingerprint density at radius 2 is 2.00 bits per heavy atom. The average molecular weight is 165 g/mol. The molecule has 0 aliphatic rings. The minimum absolute atomic E-state index is 0.102. The summed E-state index contributed by atoms with van der Waals surface area (Å²) >= 11 is 0. The van der Waals surface area contributed by atoms with Gasteiger partial charge in [-0.2, -0.15) is 0 Å². The topological polar surface area (TPSA) is 57.2 Å². The van der Waals surface area contributed by atoms with E-state index < -0.39 is 4.92 Å². The van der Waals surface area contributed by atoms with Gasteiger partial charge in [0.2, 0.25) is 0 Å². The Morgan fingerprint density at radius 3 is 2.42 bits per heavy atom. The van der Waals surface area contributed by atoms with Crippen molar-refractivity contribution in [2.75, 3.05) is 6.54 Å². The number of hydrogen-bond donors (Lipinski definition) is 0. The van der Waals surface area contributed by atoms with Gasteiger partial charge < -0.3 is 0 Å². The summed E-state index contributed by atoms with van der Waals surface area (Å²) in [4.78, 5) is 9.82. The number of nitrogens with zero attached hydrogens (tertiary/aromatic N) is 2. The van der Waals surface area contributed by atoms with Gasteiger partial charge in [0.15, 0.2) is 0 Å². The van der Waals surface area contributed by atoms with Gasteiger partial charge in [0.1, 0.15) is 0 Å². The zero-order valence-electron chi connectivity index (χ0n) is 6.73. The lowest BCUT2D eigenvalue weighted by atomic mass is 10.3. The van der Waals surface area contributed by atoms with Crippen molar-refractivity contribution in [1.29, 1.82) is 0 Å². The van der Waals surface area contributed by atoms with E-state index >= 15 is 0 Å². The molecule has 0 spiro atoms. The van der Waals surface area contributed by atoms with Crippen LogP contribution in [0.4, 0.5) is 11.4 Å². The predicted molar refractivity (Wildman–Crippen MR) is 45.4 cm³/mol. The molecular weight excluding hydrogens is 156 g/mol. The second kappa shape index (κ2) is 3.71. The first-order valence-corrected chi connectivity index (χ1v) is 3.66. The standard InChI is InChI=1S/C8H9N2O2/c1-2-9-7-3-5-8(6-4-7)10(11)12/h3-6H,2H2,1H3. The van der Waals surface area contributed by atoms with E-state index in [0.29, 0.717) is 6.54 Å². The summed E-state index contributed by atoms with van der Waals surface area (Å²) in [6.07, 6.45) is 0. The van der Waals surface area contributed by atoms with Crippen LogP contribution in [0.5, 0.6) is 0 Å². The summed E-state index contributed by atoms with van der Waals surface area (Å²) in [5.74, 6) is 0. The second-order valence-electron chi connectivity index (χ2n) is 2.25. The molecule has 63 valence electrons. The van der Waals surface area contributed by atoms with Crippen LogP contribution in [0, 0.1) is 10.1 Å². The monoisotopic (exact) mass is 165 g/mol. The fourth-order valence-electron chi connectivity index (χ4n) is 0.862. The van der Waals surface area contributed by atoms with Crippen molar-refractivity contribution < 1.29 is 4.92 Å². The summed E-state index contributed by atoms with van der Waals surface area (Å²) in [6.45, 7) is 2.61. The third kappa shape index (κ3) is 1.95. The average Bonchev–Trinajstić information content (AvgIpc) is 2.06. The van der Waals surface area contributed by atoms with Crippen molar-refractivity contribution in [2.45, 2.75) is 6.92 Å². The molecule has 0 bridgehead atoms. The lowest BCUT2D eigenvalue weighted by Gasteiger charge is -1.97. The van der Waals surface area contributed by atoms with Crippen molar-refractivity contribution in [3.63, 3.8) is 0 Å². The summed E-state index contributed by atoms with van der Waals surface area (Å²) in [5.41, 5.74) is 0.883. The third-order valence-electron chi connectivity index (χ3n) is 1.40. The van der Waals surface area contributed by atoms with Gasteiger partial charge in [0.25, 0.3) is 5.69 Å². The van der Waals surface area contributed by atoms with E-state index in [1.165, 1.54) is 12.1 Å². The first kappa shape index (κ1) is 8.52. The van der Waals surface area contributed by atoms with Crippen molar-refractivity contribution in [1.82, 2.24) is 5.32 Å². The molecule has 1 rings (SSSR count). The van der Waals surface area contributed by atoms with Crippen LogP contribution in [0.3, 0.4) is 0 Å². The molecule has 0 aliphatic carbocycles. The van der Waals surface area contributed by atoms with Crippen LogP contribution in [0.25, 0.3) is 0 Å². The van der Waals surface area contributed by atoms with Crippen molar-refractivity contribution in [2.24, 2.45) is 0 Å². The normalized spacial score (nSPS) is 9.42. The first-order chi connectivity index (χ1) is 5.74. The zero-order valence-corrected chi connectivity index (χ0v) is 6.73. The Hall–Kier alpha value is -1.58. The Kier molecular flexibility index (Phi) is 2.63. The molecule has 0 amide bonds. The molecule has 1 aromatic carbocycles. The van der Waals surface area contributed by atoms with Crippen molar-refractivity contribution in [3.8, 4) is 0 Å². The molecule has 0 N–H and O–H groups in total. The van der Waals surface area contributed by atoms with E-state index in [1.54, 1.807) is 12.1 Å². The first-order valence-electron chi connectivity index (χ1n) is 3.66. The highest BCUT2D eigenvalue weighted by atomic mass is 16.6. The van der Waals surface area contributed by atoms with E-state index in [-0.39, 0.29) is 5.69 Å². The highest BCUT2D eigenvalue weighted by Gasteiger charge is 2.02. The fourth-order valence-corrected chi connectivity index (χ4v) is 0.862. The number of non-ortho nitro benzene ring substituents is 1. The molecule has 0 heterocycles. The molecule has 4 nitrogen and oxygen atoms in total. The summed E-state index contributed by atoms with van der Waals surface area (Å²) in [5, 5.41) is 14.3. The maximum absolute atomic E-state index is 10.2. The Balaban J connectivity index is 2.78. The molecule has 0 saturated heterocycles. The summed E-state index contributed by atoms with van der Waals surface area (Å²) in [6, 6.07) is 6.19. The number of nitro groups is 1. The number of benzene rings is 1. The minimum atomic E-state index is -0.421. The lowest BCUT2D eigenvalue weighted by molar-refractivity contribution is -0.384. The van der Waals surface area contributed by atoms with Crippen LogP contribution in [0.2, 0.25) is 0 Å². The zero-order chi connectivity index (χ0) is 8.97. The number of rotatable bonds is 3. The molecule has 0 fully saturated rings. The number of hydrogen-bond acceptors (Lipinski definition) is 2. The Bertz CT molecular complexity index is 269. The molecule has 1 radical (unpaired) electrons. The highest BCUT2D eigenvalue weighted by Crippen LogP contribution is 2.14. The largest absolute Gasteiger partial charge is 0.286 e. The van der Waals surface area contributed by atoms with Crippen LogP contribution < -0.4 is 5.32 Å². The molecule has 0 aromatic heterocycles. The molecule has 4 heteroatoms. The second-order valence-corrected chi connectivity index (χ2v) is 2.25. The quantitative estimate of drug-likeness (QED) is 0.507. The van der Waals surface area contributed by atoms with Crippen LogP contribution in [-0.2, 0) is 0 Å². The van der Waals surface area contributed by atoms with E-state index in [4.69, 9.17) is 0 Å². The van der Waals surface area contributed by atoms with Crippen LogP contribution in [-0.4, -0.2) is 11.5 Å². The lowest BCUT2D eigenvalue weighted by Crippen LogP contribution is -1.94. The molecule has 0 atom stereocenters. The van der Waals surface area contributed by atoms with Crippen LogP contribution in [0.15, 0.2) is 24.3 Å². The van der Waals surface area contributed by atoms with E-state index in [1.807, 2.05) is 6.92 Å². The third-order valence-corrected chi connectivity index (χ3v) is 1.40. The van der Waals surface area contributed by atoms with Gasteiger partial charge in [-0.3, -0.25) is 15.4 Å². The minimum Gasteiger partial charge on any atom is -0.286 e. The molecule has 1 aromatic rings.